The van der Waals surface area contributed by atoms with E-state index in [1.165, 1.54) is 30.3 Å². The zero-order valence-corrected chi connectivity index (χ0v) is 17.5. The van der Waals surface area contributed by atoms with Gasteiger partial charge >= 0.3 is 0 Å². The highest BCUT2D eigenvalue weighted by molar-refractivity contribution is 8.00. The molecule has 1 amide bonds. The van der Waals surface area contributed by atoms with E-state index in [4.69, 9.17) is 0 Å². The molecule has 0 spiro atoms. The van der Waals surface area contributed by atoms with Gasteiger partial charge in [-0.3, -0.25) is 4.79 Å². The van der Waals surface area contributed by atoms with E-state index in [0.29, 0.717) is 17.8 Å². The Kier molecular flexibility index (Phi) is 5.64. The lowest BCUT2D eigenvalue weighted by molar-refractivity contribution is -0.134. The van der Waals surface area contributed by atoms with Crippen molar-refractivity contribution in [1.29, 1.82) is 0 Å². The first kappa shape index (κ1) is 19.3. The third kappa shape index (κ3) is 3.91. The fourth-order valence-electron chi connectivity index (χ4n) is 3.81. The molecule has 4 rings (SSSR count). The molecule has 28 heavy (non-hydrogen) atoms. The number of fused-ring (bicyclic) bond motifs is 1. The van der Waals surface area contributed by atoms with Crippen LogP contribution in [0.4, 0.5) is 4.39 Å². The van der Waals surface area contributed by atoms with Crippen LogP contribution in [0.15, 0.2) is 41.7 Å². The SMILES string of the molecule is C[C@H]1CCC[C@H](C)N1C(=O)CSc1ncnc2cc(-c3ccc(F)cc3)sc12. The number of piperidine rings is 1. The minimum Gasteiger partial charge on any atom is -0.337 e. The summed E-state index contributed by atoms with van der Waals surface area (Å²) in [6.07, 6.45) is 4.88. The number of thiophene rings is 1. The van der Waals surface area contributed by atoms with Crippen molar-refractivity contribution >= 4 is 39.2 Å². The Labute approximate surface area is 172 Å². The minimum atomic E-state index is -0.249. The number of carbonyl (C=O) groups excluding carboxylic acids is 1. The largest absolute Gasteiger partial charge is 0.337 e. The number of thioether (sulfide) groups is 1. The third-order valence-corrected chi connectivity index (χ3v) is 7.50. The van der Waals surface area contributed by atoms with Crippen molar-refractivity contribution in [1.82, 2.24) is 14.9 Å². The molecule has 4 nitrogen and oxygen atoms in total. The molecule has 0 unspecified atom stereocenters. The molecule has 0 aliphatic carbocycles. The molecule has 1 aliphatic rings. The zero-order chi connectivity index (χ0) is 19.7. The first-order chi connectivity index (χ1) is 13.5. The second-order valence-electron chi connectivity index (χ2n) is 7.23. The maximum Gasteiger partial charge on any atom is 0.233 e. The van der Waals surface area contributed by atoms with Crippen molar-refractivity contribution < 1.29 is 9.18 Å². The van der Waals surface area contributed by atoms with Gasteiger partial charge in [0.1, 0.15) is 17.2 Å². The summed E-state index contributed by atoms with van der Waals surface area (Å²) in [5, 5.41) is 0.828. The number of aromatic nitrogens is 2. The molecular formula is C21H22FN3OS2. The number of halogens is 1. The third-order valence-electron chi connectivity index (χ3n) is 5.22. The second-order valence-corrected chi connectivity index (χ2v) is 9.25. The van der Waals surface area contributed by atoms with Crippen molar-refractivity contribution in [3.63, 3.8) is 0 Å². The number of hydrogen-bond donors (Lipinski definition) is 0. The molecule has 0 saturated carbocycles. The van der Waals surface area contributed by atoms with Crippen LogP contribution in [0.3, 0.4) is 0 Å². The van der Waals surface area contributed by atoms with Crippen LogP contribution < -0.4 is 0 Å². The second kappa shape index (κ2) is 8.17. The lowest BCUT2D eigenvalue weighted by Crippen LogP contribution is -2.48. The monoisotopic (exact) mass is 415 g/mol. The molecule has 3 aromatic rings. The van der Waals surface area contributed by atoms with Crippen molar-refractivity contribution in [3.05, 3.63) is 42.5 Å². The summed E-state index contributed by atoms with van der Waals surface area (Å²) in [4.78, 5) is 24.6. The summed E-state index contributed by atoms with van der Waals surface area (Å²) < 4.78 is 14.2. The Balaban J connectivity index is 1.54. The Bertz CT molecular complexity index is 979. The molecule has 2 atom stereocenters. The topological polar surface area (TPSA) is 46.1 Å². The highest BCUT2D eigenvalue weighted by Gasteiger charge is 2.28. The van der Waals surface area contributed by atoms with Crippen LogP contribution in [0.5, 0.6) is 0 Å². The van der Waals surface area contributed by atoms with E-state index in [-0.39, 0.29) is 11.7 Å². The number of likely N-dealkylation sites (tertiary alicyclic amines) is 1. The lowest BCUT2D eigenvalue weighted by atomic mass is 9.98. The summed E-state index contributed by atoms with van der Waals surface area (Å²) in [5.74, 6) is 0.303. The standard InChI is InChI=1S/C21H22FN3OS2/c1-13-4-3-5-14(2)25(13)19(26)11-27-21-20-17(23-12-24-21)10-18(28-20)15-6-8-16(22)9-7-15/h6-10,12-14H,3-5,11H2,1-2H3/t13-,14-/m0/s1. The Hall–Kier alpha value is -1.99. The van der Waals surface area contributed by atoms with Crippen molar-refractivity contribution in [2.75, 3.05) is 5.75 Å². The van der Waals surface area contributed by atoms with Gasteiger partial charge in [0.2, 0.25) is 5.91 Å². The van der Waals surface area contributed by atoms with E-state index in [1.54, 1.807) is 29.8 Å². The summed E-state index contributed by atoms with van der Waals surface area (Å²) >= 11 is 3.05. The Morgan fingerprint density at radius 2 is 1.93 bits per heavy atom. The maximum absolute atomic E-state index is 13.2. The molecule has 0 radical (unpaired) electrons. The molecular weight excluding hydrogens is 393 g/mol. The number of hydrogen-bond acceptors (Lipinski definition) is 5. The first-order valence-corrected chi connectivity index (χ1v) is 11.3. The highest BCUT2D eigenvalue weighted by atomic mass is 32.2. The number of amides is 1. The van der Waals surface area contributed by atoms with Gasteiger partial charge in [0.05, 0.1) is 16.0 Å². The molecule has 1 saturated heterocycles. The van der Waals surface area contributed by atoms with Crippen LogP contribution in [0, 0.1) is 5.82 Å². The smallest absolute Gasteiger partial charge is 0.233 e. The summed E-state index contributed by atoms with van der Waals surface area (Å²) in [6.45, 7) is 4.27. The van der Waals surface area contributed by atoms with Crippen LogP contribution in [0.1, 0.15) is 33.1 Å². The maximum atomic E-state index is 13.2. The molecule has 7 heteroatoms. The molecule has 146 valence electrons. The molecule has 1 aromatic carbocycles. The van der Waals surface area contributed by atoms with Gasteiger partial charge < -0.3 is 4.90 Å². The van der Waals surface area contributed by atoms with Crippen LogP contribution in [-0.2, 0) is 4.79 Å². The van der Waals surface area contributed by atoms with E-state index in [2.05, 4.69) is 23.8 Å². The number of carbonyl (C=O) groups is 1. The van der Waals surface area contributed by atoms with Gasteiger partial charge in [0, 0.05) is 17.0 Å². The zero-order valence-electron chi connectivity index (χ0n) is 15.9. The minimum absolute atomic E-state index is 0.173. The summed E-state index contributed by atoms with van der Waals surface area (Å²) in [6, 6.07) is 9.05. The van der Waals surface area contributed by atoms with Gasteiger partial charge in [-0.1, -0.05) is 23.9 Å². The first-order valence-electron chi connectivity index (χ1n) is 9.47. The van der Waals surface area contributed by atoms with Gasteiger partial charge in [0.25, 0.3) is 0 Å². The van der Waals surface area contributed by atoms with Crippen LogP contribution >= 0.6 is 23.1 Å². The van der Waals surface area contributed by atoms with Gasteiger partial charge in [-0.05, 0) is 56.9 Å². The fourth-order valence-corrected chi connectivity index (χ4v) is 5.88. The van der Waals surface area contributed by atoms with Crippen molar-refractivity contribution in [2.24, 2.45) is 0 Å². The van der Waals surface area contributed by atoms with Gasteiger partial charge in [-0.25, -0.2) is 14.4 Å². The van der Waals surface area contributed by atoms with Crippen LogP contribution in [0.2, 0.25) is 0 Å². The summed E-state index contributed by atoms with van der Waals surface area (Å²) in [7, 11) is 0. The summed E-state index contributed by atoms with van der Waals surface area (Å²) in [5.41, 5.74) is 1.81. The van der Waals surface area contributed by atoms with Gasteiger partial charge in [-0.2, -0.15) is 0 Å². The van der Waals surface area contributed by atoms with E-state index in [0.717, 1.165) is 38.5 Å². The van der Waals surface area contributed by atoms with E-state index < -0.39 is 0 Å². The van der Waals surface area contributed by atoms with Crippen LogP contribution in [-0.4, -0.2) is 38.6 Å². The number of benzene rings is 1. The predicted molar refractivity (Wildman–Crippen MR) is 113 cm³/mol. The molecule has 2 aromatic heterocycles. The number of nitrogens with zero attached hydrogens (tertiary/aromatic N) is 3. The molecule has 1 fully saturated rings. The quantitative estimate of drug-likeness (QED) is 0.424. The lowest BCUT2D eigenvalue weighted by Gasteiger charge is -2.39. The normalized spacial score (nSPS) is 19.9. The van der Waals surface area contributed by atoms with Crippen molar-refractivity contribution in [3.8, 4) is 10.4 Å². The molecule has 3 heterocycles. The van der Waals surface area contributed by atoms with E-state index in [9.17, 15) is 9.18 Å². The molecule has 0 N–H and O–H groups in total. The van der Waals surface area contributed by atoms with Gasteiger partial charge in [0.15, 0.2) is 0 Å². The van der Waals surface area contributed by atoms with E-state index in [1.807, 2.05) is 11.0 Å². The van der Waals surface area contributed by atoms with Crippen molar-refractivity contribution in [2.45, 2.75) is 50.2 Å². The molecule has 1 aliphatic heterocycles. The average Bonchev–Trinajstić information content (AvgIpc) is 3.11. The van der Waals surface area contributed by atoms with Crippen LogP contribution in [0.25, 0.3) is 20.7 Å². The average molecular weight is 416 g/mol. The number of rotatable bonds is 4. The van der Waals surface area contributed by atoms with Gasteiger partial charge in [-0.15, -0.1) is 11.3 Å². The Morgan fingerprint density at radius 3 is 2.64 bits per heavy atom. The Morgan fingerprint density at radius 1 is 1.21 bits per heavy atom. The predicted octanol–water partition coefficient (Wildman–Crippen LogP) is 5.38. The fraction of sp³-hybridized carbons (Fsp3) is 0.381. The highest BCUT2D eigenvalue weighted by Crippen LogP contribution is 2.37. The van der Waals surface area contributed by atoms with E-state index >= 15 is 0 Å². The molecule has 0 bridgehead atoms.